The number of ether oxygens (including phenoxy) is 2. The van der Waals surface area contributed by atoms with Crippen molar-refractivity contribution in [3.63, 3.8) is 0 Å². The van der Waals surface area contributed by atoms with E-state index in [9.17, 15) is 14.4 Å². The third kappa shape index (κ3) is 4.67. The van der Waals surface area contributed by atoms with Crippen molar-refractivity contribution < 1.29 is 29.0 Å². The van der Waals surface area contributed by atoms with Gasteiger partial charge in [0.15, 0.2) is 0 Å². The minimum absolute atomic E-state index is 0.00678. The van der Waals surface area contributed by atoms with Crippen molar-refractivity contribution in [3.8, 4) is 0 Å². The molecular weight excluding hydrogens is 528 g/mol. The monoisotopic (exact) mass is 584 g/mol. The highest BCUT2D eigenvalue weighted by molar-refractivity contribution is 5.76. The molecule has 0 spiro atoms. The fraction of sp³-hybridized carbons (Fsp3) is 0.861. The maximum atomic E-state index is 12.5. The predicted octanol–water partition coefficient (Wildman–Crippen LogP) is 7.98. The lowest BCUT2D eigenvalue weighted by Gasteiger charge is -2.73. The highest BCUT2D eigenvalue weighted by Crippen LogP contribution is 2.77. The van der Waals surface area contributed by atoms with Crippen molar-refractivity contribution in [1.82, 2.24) is 0 Å². The Morgan fingerprint density at radius 2 is 1.52 bits per heavy atom. The molecule has 236 valence electrons. The van der Waals surface area contributed by atoms with E-state index < -0.39 is 5.97 Å². The third-order valence-corrected chi connectivity index (χ3v) is 14.6. The Balaban J connectivity index is 1.43. The first kappa shape index (κ1) is 31.6. The lowest BCUT2D eigenvalue weighted by Crippen LogP contribution is -2.67. The van der Waals surface area contributed by atoms with Gasteiger partial charge in [-0.1, -0.05) is 46.8 Å². The molecule has 6 nitrogen and oxygen atoms in total. The van der Waals surface area contributed by atoms with E-state index in [1.165, 1.54) is 31.3 Å². The number of hydrogen-bond donors (Lipinski definition) is 1. The molecule has 0 saturated heterocycles. The normalized spacial score (nSPS) is 45.4. The second kappa shape index (κ2) is 10.6. The number of hydrogen-bond acceptors (Lipinski definition) is 5. The largest absolute Gasteiger partial charge is 0.481 e. The van der Waals surface area contributed by atoms with Crippen LogP contribution in [-0.4, -0.2) is 35.7 Å². The average Bonchev–Trinajstić information content (AvgIpc) is 3.28. The van der Waals surface area contributed by atoms with Gasteiger partial charge >= 0.3 is 17.9 Å². The Morgan fingerprint density at radius 3 is 2.17 bits per heavy atom. The van der Waals surface area contributed by atoms with Crippen molar-refractivity contribution in [3.05, 3.63) is 12.2 Å². The topological polar surface area (TPSA) is 89.9 Å². The van der Waals surface area contributed by atoms with Crippen LogP contribution >= 0.6 is 0 Å². The zero-order valence-electron chi connectivity index (χ0n) is 27.4. The summed E-state index contributed by atoms with van der Waals surface area (Å²) in [5.74, 6) is 1.10. The van der Waals surface area contributed by atoms with E-state index >= 15 is 0 Å². The van der Waals surface area contributed by atoms with Crippen LogP contribution in [0.15, 0.2) is 12.2 Å². The number of carboxylic acids is 1. The van der Waals surface area contributed by atoms with Crippen LogP contribution in [0, 0.1) is 56.7 Å². The summed E-state index contributed by atoms with van der Waals surface area (Å²) in [6, 6.07) is 0. The lowest BCUT2D eigenvalue weighted by atomic mass is 9.32. The zero-order chi connectivity index (χ0) is 30.9. The second-order valence-corrected chi connectivity index (χ2v) is 16.6. The molecule has 42 heavy (non-hydrogen) atoms. The first-order valence-corrected chi connectivity index (χ1v) is 16.7. The van der Waals surface area contributed by atoms with Crippen molar-refractivity contribution in [2.45, 2.75) is 132 Å². The van der Waals surface area contributed by atoms with Gasteiger partial charge in [-0.15, -0.1) is 0 Å². The van der Waals surface area contributed by atoms with Crippen LogP contribution in [0.4, 0.5) is 0 Å². The molecule has 5 rings (SSSR count). The highest BCUT2D eigenvalue weighted by atomic mass is 16.5. The lowest BCUT2D eigenvalue weighted by molar-refractivity contribution is -0.252. The molecule has 0 bridgehead atoms. The van der Waals surface area contributed by atoms with Crippen LogP contribution in [0.2, 0.25) is 0 Å². The van der Waals surface area contributed by atoms with Gasteiger partial charge in [0.1, 0.15) is 6.10 Å². The number of fused-ring (bicyclic) bond motifs is 7. The Hall–Kier alpha value is -1.85. The van der Waals surface area contributed by atoms with Gasteiger partial charge in [-0.3, -0.25) is 14.4 Å². The molecule has 4 unspecified atom stereocenters. The number of carboxylic acid groups (broad SMARTS) is 1. The van der Waals surface area contributed by atoms with Crippen LogP contribution in [0.25, 0.3) is 0 Å². The fourth-order valence-electron chi connectivity index (χ4n) is 12.4. The standard InChI is InChI=1S/C36H56O6/c1-22(2)24-13-18-36(21-41-30(40)12-11-29(38)39)20-19-34(7)25(31(24)36)9-10-27-33(6)16-15-28(42-23(3)37)32(4,5)26(33)14-17-35(27,34)8/h24-28,31H,1,9-21H2,2-8H3,(H,38,39)/t24?,25?,26?,27-,28-,31?,33+,34-,35-,36-/m1/s1. The van der Waals surface area contributed by atoms with E-state index in [1.54, 1.807) is 6.92 Å². The van der Waals surface area contributed by atoms with Gasteiger partial charge in [-0.25, -0.2) is 0 Å². The smallest absolute Gasteiger partial charge is 0.306 e. The van der Waals surface area contributed by atoms with Gasteiger partial charge in [0.05, 0.1) is 19.4 Å². The quantitative estimate of drug-likeness (QED) is 0.241. The van der Waals surface area contributed by atoms with E-state index in [0.29, 0.717) is 36.2 Å². The maximum absolute atomic E-state index is 12.5. The number of carbonyl (C=O) groups excluding carboxylic acids is 2. The van der Waals surface area contributed by atoms with E-state index in [0.717, 1.165) is 38.5 Å². The summed E-state index contributed by atoms with van der Waals surface area (Å²) in [5.41, 5.74) is 1.82. The van der Waals surface area contributed by atoms with Gasteiger partial charge in [0, 0.05) is 17.8 Å². The van der Waals surface area contributed by atoms with Gasteiger partial charge < -0.3 is 14.6 Å². The van der Waals surface area contributed by atoms with Gasteiger partial charge in [0.2, 0.25) is 0 Å². The third-order valence-electron chi connectivity index (χ3n) is 14.6. The van der Waals surface area contributed by atoms with Crippen molar-refractivity contribution in [2.24, 2.45) is 56.7 Å². The van der Waals surface area contributed by atoms with Crippen LogP contribution in [0.5, 0.6) is 0 Å². The molecule has 0 radical (unpaired) electrons. The number of esters is 2. The first-order chi connectivity index (χ1) is 19.5. The molecule has 6 heteroatoms. The van der Waals surface area contributed by atoms with E-state index in [-0.39, 0.29) is 58.0 Å². The minimum atomic E-state index is -0.962. The second-order valence-electron chi connectivity index (χ2n) is 16.6. The molecule has 0 aliphatic heterocycles. The number of carbonyl (C=O) groups is 3. The summed E-state index contributed by atoms with van der Waals surface area (Å²) < 4.78 is 11.8. The van der Waals surface area contributed by atoms with E-state index in [1.807, 2.05) is 0 Å². The predicted molar refractivity (Wildman–Crippen MR) is 162 cm³/mol. The number of aliphatic carboxylic acids is 1. The fourth-order valence-corrected chi connectivity index (χ4v) is 12.4. The Morgan fingerprint density at radius 1 is 0.810 bits per heavy atom. The summed E-state index contributed by atoms with van der Waals surface area (Å²) in [5, 5.41) is 9.03. The zero-order valence-corrected chi connectivity index (χ0v) is 27.4. The van der Waals surface area contributed by atoms with Crippen molar-refractivity contribution in [1.29, 1.82) is 0 Å². The molecule has 5 fully saturated rings. The molecule has 10 atom stereocenters. The molecule has 5 aliphatic rings. The molecule has 5 saturated carbocycles. The Kier molecular flexibility index (Phi) is 8.00. The Labute approximate surface area is 253 Å². The first-order valence-electron chi connectivity index (χ1n) is 16.7. The van der Waals surface area contributed by atoms with Gasteiger partial charge in [0.25, 0.3) is 0 Å². The van der Waals surface area contributed by atoms with E-state index in [4.69, 9.17) is 14.6 Å². The highest BCUT2D eigenvalue weighted by Gasteiger charge is 2.71. The number of rotatable bonds is 7. The van der Waals surface area contributed by atoms with Gasteiger partial charge in [-0.05, 0) is 117 Å². The molecule has 0 aromatic rings. The summed E-state index contributed by atoms with van der Waals surface area (Å²) >= 11 is 0. The summed E-state index contributed by atoms with van der Waals surface area (Å²) in [7, 11) is 0. The SMILES string of the molecule is C=C(C)C1CC[C@]2(COC(=O)CCC(=O)O)CC[C@]3(C)C(CC[C@@H]4[C@@]5(C)CC[C@@H](OC(C)=O)C(C)(C)C5CC[C@]43C)C12. The molecule has 5 aliphatic carbocycles. The van der Waals surface area contributed by atoms with Gasteiger partial charge in [-0.2, -0.15) is 0 Å². The summed E-state index contributed by atoms with van der Waals surface area (Å²) in [4.78, 5) is 35.5. The molecular formula is C36H56O6. The van der Waals surface area contributed by atoms with Crippen LogP contribution in [0.3, 0.4) is 0 Å². The Bertz CT molecular complexity index is 1130. The average molecular weight is 585 g/mol. The molecule has 0 aromatic heterocycles. The van der Waals surface area contributed by atoms with Crippen molar-refractivity contribution >= 4 is 17.9 Å². The maximum Gasteiger partial charge on any atom is 0.306 e. The number of allylic oxidation sites excluding steroid dienone is 1. The van der Waals surface area contributed by atoms with Crippen LogP contribution in [0.1, 0.15) is 126 Å². The van der Waals surface area contributed by atoms with Crippen LogP contribution < -0.4 is 0 Å². The van der Waals surface area contributed by atoms with E-state index in [2.05, 4.69) is 48.1 Å². The minimum Gasteiger partial charge on any atom is -0.481 e. The summed E-state index contributed by atoms with van der Waals surface area (Å²) in [6.07, 6.45) is 11.0. The van der Waals surface area contributed by atoms with Crippen LogP contribution in [-0.2, 0) is 23.9 Å². The molecule has 0 heterocycles. The molecule has 0 amide bonds. The molecule has 1 N–H and O–H groups in total. The molecule has 0 aromatic carbocycles. The summed E-state index contributed by atoms with van der Waals surface area (Å²) in [6.45, 7) is 21.1. The van der Waals surface area contributed by atoms with Crippen molar-refractivity contribution in [2.75, 3.05) is 6.61 Å².